The standard InChI is InChI=1S/C15H14Cl2O2/c1-15(18,10-4-3-5-11(16)8-10)13-9-12(17)6-7-14(13)19-2/h3-9,18H,1-2H3. The van der Waals surface area contributed by atoms with Gasteiger partial charge in [-0.05, 0) is 42.8 Å². The number of hydrogen-bond donors (Lipinski definition) is 1. The van der Waals surface area contributed by atoms with E-state index in [0.29, 0.717) is 26.9 Å². The predicted octanol–water partition coefficient (Wildman–Crippen LogP) is 4.26. The van der Waals surface area contributed by atoms with Gasteiger partial charge in [0.25, 0.3) is 0 Å². The maximum Gasteiger partial charge on any atom is 0.125 e. The molecule has 4 heteroatoms. The first-order valence-electron chi connectivity index (χ1n) is 5.77. The maximum absolute atomic E-state index is 10.8. The molecule has 0 saturated carbocycles. The van der Waals surface area contributed by atoms with E-state index in [9.17, 15) is 5.11 Å². The predicted molar refractivity (Wildman–Crippen MR) is 78.1 cm³/mol. The Hall–Kier alpha value is -1.22. The molecule has 100 valence electrons. The second kappa shape index (κ2) is 5.41. The van der Waals surface area contributed by atoms with Crippen LogP contribution >= 0.6 is 23.2 Å². The SMILES string of the molecule is COc1ccc(Cl)cc1C(C)(O)c1cccc(Cl)c1. The summed E-state index contributed by atoms with van der Waals surface area (Å²) in [5, 5.41) is 11.9. The van der Waals surface area contributed by atoms with Crippen LogP contribution in [0.4, 0.5) is 0 Å². The number of aliphatic hydroxyl groups is 1. The Labute approximate surface area is 122 Å². The summed E-state index contributed by atoms with van der Waals surface area (Å²) in [6.07, 6.45) is 0. The molecule has 0 aliphatic heterocycles. The summed E-state index contributed by atoms with van der Waals surface area (Å²) in [5.74, 6) is 0.578. The van der Waals surface area contributed by atoms with Gasteiger partial charge in [-0.15, -0.1) is 0 Å². The largest absolute Gasteiger partial charge is 0.496 e. The third-order valence-electron chi connectivity index (χ3n) is 3.07. The summed E-state index contributed by atoms with van der Waals surface area (Å²) in [6.45, 7) is 1.69. The Kier molecular flexibility index (Phi) is 4.04. The molecule has 2 nitrogen and oxygen atoms in total. The third-order valence-corrected chi connectivity index (χ3v) is 3.54. The highest BCUT2D eigenvalue weighted by Crippen LogP contribution is 2.37. The first-order chi connectivity index (χ1) is 8.95. The lowest BCUT2D eigenvalue weighted by atomic mass is 9.87. The molecule has 0 aliphatic rings. The van der Waals surface area contributed by atoms with Crippen molar-refractivity contribution in [1.82, 2.24) is 0 Å². The van der Waals surface area contributed by atoms with Crippen molar-refractivity contribution in [2.75, 3.05) is 7.11 Å². The molecule has 2 rings (SSSR count). The van der Waals surface area contributed by atoms with Crippen LogP contribution in [0.15, 0.2) is 42.5 Å². The second-order valence-electron chi connectivity index (χ2n) is 4.43. The molecule has 0 aliphatic carbocycles. The van der Waals surface area contributed by atoms with E-state index in [1.807, 2.05) is 6.07 Å². The van der Waals surface area contributed by atoms with Gasteiger partial charge in [-0.3, -0.25) is 0 Å². The van der Waals surface area contributed by atoms with Crippen molar-refractivity contribution in [3.63, 3.8) is 0 Å². The number of halogens is 2. The van der Waals surface area contributed by atoms with Crippen molar-refractivity contribution < 1.29 is 9.84 Å². The second-order valence-corrected chi connectivity index (χ2v) is 5.30. The Balaban J connectivity index is 2.58. The molecule has 1 atom stereocenters. The van der Waals surface area contributed by atoms with Gasteiger partial charge in [-0.2, -0.15) is 0 Å². The molecule has 0 fully saturated rings. The molecule has 0 radical (unpaired) electrons. The molecule has 0 saturated heterocycles. The van der Waals surface area contributed by atoms with Gasteiger partial charge in [-0.1, -0.05) is 35.3 Å². The molecule has 19 heavy (non-hydrogen) atoms. The average molecular weight is 297 g/mol. The Bertz CT molecular complexity index is 594. The van der Waals surface area contributed by atoms with Gasteiger partial charge in [0.15, 0.2) is 0 Å². The maximum atomic E-state index is 10.8. The van der Waals surface area contributed by atoms with E-state index in [4.69, 9.17) is 27.9 Å². The van der Waals surface area contributed by atoms with Crippen molar-refractivity contribution in [2.24, 2.45) is 0 Å². The molecular formula is C15H14Cl2O2. The minimum atomic E-state index is -1.23. The van der Waals surface area contributed by atoms with Crippen LogP contribution in [0.1, 0.15) is 18.1 Å². The minimum Gasteiger partial charge on any atom is -0.496 e. The zero-order chi connectivity index (χ0) is 14.0. The highest BCUT2D eigenvalue weighted by molar-refractivity contribution is 6.31. The Morgan fingerprint density at radius 3 is 2.37 bits per heavy atom. The van der Waals surface area contributed by atoms with E-state index in [-0.39, 0.29) is 0 Å². The van der Waals surface area contributed by atoms with Gasteiger partial charge in [0.05, 0.1) is 7.11 Å². The molecule has 0 bridgehead atoms. The zero-order valence-electron chi connectivity index (χ0n) is 10.7. The molecule has 0 amide bonds. The van der Waals surface area contributed by atoms with Gasteiger partial charge in [0.1, 0.15) is 11.4 Å². The smallest absolute Gasteiger partial charge is 0.125 e. The fourth-order valence-electron chi connectivity index (χ4n) is 2.01. The van der Waals surface area contributed by atoms with E-state index in [0.717, 1.165) is 0 Å². The van der Waals surface area contributed by atoms with Crippen LogP contribution in [-0.4, -0.2) is 12.2 Å². The lowest BCUT2D eigenvalue weighted by molar-refractivity contribution is 0.0990. The Morgan fingerprint density at radius 2 is 1.74 bits per heavy atom. The van der Waals surface area contributed by atoms with Gasteiger partial charge < -0.3 is 9.84 Å². The highest BCUT2D eigenvalue weighted by Gasteiger charge is 2.29. The van der Waals surface area contributed by atoms with Crippen molar-refractivity contribution in [3.8, 4) is 5.75 Å². The van der Waals surface area contributed by atoms with Crippen LogP contribution in [0.5, 0.6) is 5.75 Å². The number of ether oxygens (including phenoxy) is 1. The van der Waals surface area contributed by atoms with Gasteiger partial charge in [-0.25, -0.2) is 0 Å². The van der Waals surface area contributed by atoms with E-state index in [1.54, 1.807) is 50.4 Å². The topological polar surface area (TPSA) is 29.5 Å². The minimum absolute atomic E-state index is 0.540. The normalized spacial score (nSPS) is 13.9. The van der Waals surface area contributed by atoms with Crippen LogP contribution in [0.3, 0.4) is 0 Å². The van der Waals surface area contributed by atoms with E-state index in [2.05, 4.69) is 0 Å². The van der Waals surface area contributed by atoms with Gasteiger partial charge >= 0.3 is 0 Å². The summed E-state index contributed by atoms with van der Waals surface area (Å²) >= 11 is 12.0. The average Bonchev–Trinajstić information content (AvgIpc) is 2.38. The van der Waals surface area contributed by atoms with Crippen molar-refractivity contribution in [3.05, 3.63) is 63.6 Å². The van der Waals surface area contributed by atoms with Gasteiger partial charge in [0, 0.05) is 15.6 Å². The fourth-order valence-corrected chi connectivity index (χ4v) is 2.37. The Morgan fingerprint density at radius 1 is 1.05 bits per heavy atom. The number of rotatable bonds is 3. The van der Waals surface area contributed by atoms with Crippen LogP contribution in [-0.2, 0) is 5.60 Å². The van der Waals surface area contributed by atoms with Crippen LogP contribution in [0.25, 0.3) is 0 Å². The van der Waals surface area contributed by atoms with Crippen molar-refractivity contribution in [2.45, 2.75) is 12.5 Å². The first-order valence-corrected chi connectivity index (χ1v) is 6.53. The van der Waals surface area contributed by atoms with Crippen LogP contribution in [0.2, 0.25) is 10.0 Å². The lowest BCUT2D eigenvalue weighted by Gasteiger charge is -2.26. The molecule has 2 aromatic carbocycles. The molecule has 1 N–H and O–H groups in total. The van der Waals surface area contributed by atoms with E-state index >= 15 is 0 Å². The number of hydrogen-bond acceptors (Lipinski definition) is 2. The van der Waals surface area contributed by atoms with E-state index < -0.39 is 5.60 Å². The monoisotopic (exact) mass is 296 g/mol. The molecule has 2 aromatic rings. The zero-order valence-corrected chi connectivity index (χ0v) is 12.2. The molecule has 1 unspecified atom stereocenters. The van der Waals surface area contributed by atoms with Gasteiger partial charge in [0.2, 0.25) is 0 Å². The summed E-state index contributed by atoms with van der Waals surface area (Å²) in [6, 6.07) is 12.2. The summed E-state index contributed by atoms with van der Waals surface area (Å²) in [5.41, 5.74) is 0.0477. The number of benzene rings is 2. The fraction of sp³-hybridized carbons (Fsp3) is 0.200. The quantitative estimate of drug-likeness (QED) is 0.917. The van der Waals surface area contributed by atoms with Crippen LogP contribution < -0.4 is 4.74 Å². The molecule has 0 spiro atoms. The summed E-state index contributed by atoms with van der Waals surface area (Å²) in [7, 11) is 1.56. The molecule has 0 aromatic heterocycles. The third kappa shape index (κ3) is 2.86. The first kappa shape index (κ1) is 14.2. The highest BCUT2D eigenvalue weighted by atomic mass is 35.5. The summed E-state index contributed by atoms with van der Waals surface area (Å²) in [4.78, 5) is 0. The molecular weight excluding hydrogens is 283 g/mol. The van der Waals surface area contributed by atoms with Crippen molar-refractivity contribution in [1.29, 1.82) is 0 Å². The van der Waals surface area contributed by atoms with Crippen molar-refractivity contribution >= 4 is 23.2 Å². The number of methoxy groups -OCH3 is 1. The van der Waals surface area contributed by atoms with E-state index in [1.165, 1.54) is 0 Å². The lowest BCUT2D eigenvalue weighted by Crippen LogP contribution is -2.23. The summed E-state index contributed by atoms with van der Waals surface area (Å²) < 4.78 is 5.29. The van der Waals surface area contributed by atoms with Crippen LogP contribution in [0, 0.1) is 0 Å². The molecule has 0 heterocycles.